The second-order valence-electron chi connectivity index (χ2n) is 6.06. The van der Waals surface area contributed by atoms with Gasteiger partial charge in [-0.15, -0.1) is 12.4 Å². The third-order valence-corrected chi connectivity index (χ3v) is 4.15. The summed E-state index contributed by atoms with van der Waals surface area (Å²) in [6.45, 7) is -2.94. The molecule has 8 nitrogen and oxygen atoms in total. The molecule has 1 aliphatic rings. The number of amides is 1. The van der Waals surface area contributed by atoms with Gasteiger partial charge in [-0.05, 0) is 13.1 Å². The first kappa shape index (κ1) is 21.7. The van der Waals surface area contributed by atoms with Crippen LogP contribution in [0.2, 0.25) is 0 Å². The lowest BCUT2D eigenvalue weighted by molar-refractivity contribution is -0.132. The van der Waals surface area contributed by atoms with Crippen molar-refractivity contribution in [2.75, 3.05) is 20.9 Å². The van der Waals surface area contributed by atoms with E-state index in [1.54, 1.807) is 44.3 Å². The fraction of sp³-hybridized carbons (Fsp3) is 0.412. The van der Waals surface area contributed by atoms with Gasteiger partial charge in [0.25, 0.3) is 0 Å². The van der Waals surface area contributed by atoms with Crippen LogP contribution in [-0.2, 0) is 18.4 Å². The molecule has 1 unspecified atom stereocenters. The summed E-state index contributed by atoms with van der Waals surface area (Å²) in [7, 11) is 5.00. The van der Waals surface area contributed by atoms with E-state index in [1.807, 2.05) is 0 Å². The minimum absolute atomic E-state index is 0. The molecule has 0 spiro atoms. The molecule has 11 heteroatoms. The standard InChI is InChI=1S/C17H20F2N4O4.ClH/c1-20-15(11-6-21-23(3)8-11)16(24)22(2)7-10-4-13-14(26-9-25-13)5-12(10)27-17(18)19;/h4-6,8,15,17,20H,7,9H2,1-3H3;1H. The Bertz CT molecular complexity index is 833. The van der Waals surface area contributed by atoms with Gasteiger partial charge in [0.2, 0.25) is 12.7 Å². The van der Waals surface area contributed by atoms with Gasteiger partial charge in [0, 0.05) is 44.0 Å². The number of benzene rings is 1. The quantitative estimate of drug-likeness (QED) is 0.742. The van der Waals surface area contributed by atoms with Gasteiger partial charge < -0.3 is 24.4 Å². The second-order valence-corrected chi connectivity index (χ2v) is 6.06. The number of hydrogen-bond donors (Lipinski definition) is 1. The summed E-state index contributed by atoms with van der Waals surface area (Å²) in [5, 5.41) is 7.02. The number of aryl methyl sites for hydroxylation is 1. The van der Waals surface area contributed by atoms with Crippen molar-refractivity contribution in [3.8, 4) is 17.2 Å². The number of nitrogens with one attached hydrogen (secondary N) is 1. The van der Waals surface area contributed by atoms with E-state index in [1.165, 1.54) is 11.0 Å². The average Bonchev–Trinajstić information content (AvgIpc) is 3.23. The predicted octanol–water partition coefficient (Wildman–Crippen LogP) is 2.09. The summed E-state index contributed by atoms with van der Waals surface area (Å²) in [4.78, 5) is 14.3. The number of likely N-dealkylation sites (N-methyl/N-ethyl adjacent to an activating group) is 2. The average molecular weight is 419 g/mol. The van der Waals surface area contributed by atoms with Crippen molar-refractivity contribution in [2.24, 2.45) is 7.05 Å². The fourth-order valence-electron chi connectivity index (χ4n) is 2.87. The molecular formula is C17H21ClF2N4O4. The van der Waals surface area contributed by atoms with E-state index >= 15 is 0 Å². The maximum Gasteiger partial charge on any atom is 0.387 e. The zero-order chi connectivity index (χ0) is 19.6. The Hall–Kier alpha value is -2.59. The van der Waals surface area contributed by atoms with Crippen molar-refractivity contribution < 1.29 is 27.8 Å². The van der Waals surface area contributed by atoms with E-state index in [0.717, 1.165) is 0 Å². The Morgan fingerprint density at radius 3 is 2.64 bits per heavy atom. The topological polar surface area (TPSA) is 77.9 Å². The van der Waals surface area contributed by atoms with Crippen LogP contribution in [-0.4, -0.2) is 48.1 Å². The van der Waals surface area contributed by atoms with Crippen LogP contribution in [0.1, 0.15) is 17.2 Å². The van der Waals surface area contributed by atoms with Gasteiger partial charge >= 0.3 is 6.61 Å². The molecule has 3 rings (SSSR count). The number of nitrogens with zero attached hydrogens (tertiary/aromatic N) is 3. The minimum atomic E-state index is -2.99. The van der Waals surface area contributed by atoms with Gasteiger partial charge in [0.15, 0.2) is 11.5 Å². The number of fused-ring (bicyclic) bond motifs is 1. The van der Waals surface area contributed by atoms with Crippen molar-refractivity contribution in [3.05, 3.63) is 35.7 Å². The molecular weight excluding hydrogens is 398 g/mol. The van der Waals surface area contributed by atoms with Crippen LogP contribution in [0, 0.1) is 0 Å². The molecule has 154 valence electrons. The molecule has 1 aromatic heterocycles. The van der Waals surface area contributed by atoms with Crippen LogP contribution in [0.3, 0.4) is 0 Å². The number of rotatable bonds is 7. The molecule has 0 aliphatic carbocycles. The van der Waals surface area contributed by atoms with Crippen LogP contribution in [0.25, 0.3) is 0 Å². The molecule has 0 fully saturated rings. The predicted molar refractivity (Wildman–Crippen MR) is 97.9 cm³/mol. The lowest BCUT2D eigenvalue weighted by atomic mass is 10.1. The lowest BCUT2D eigenvalue weighted by Gasteiger charge is -2.24. The molecule has 0 saturated carbocycles. The van der Waals surface area contributed by atoms with Crippen molar-refractivity contribution in [1.82, 2.24) is 20.0 Å². The number of carbonyl (C=O) groups is 1. The Labute approximate surface area is 166 Å². The van der Waals surface area contributed by atoms with Crippen LogP contribution < -0.4 is 19.5 Å². The Kier molecular flexibility index (Phi) is 7.03. The number of halogens is 3. The van der Waals surface area contributed by atoms with Gasteiger partial charge in [0.05, 0.1) is 6.20 Å². The highest BCUT2D eigenvalue weighted by Crippen LogP contribution is 2.39. The SMILES string of the molecule is CNC(C(=O)N(C)Cc1cc2c(cc1OC(F)F)OCO2)c1cnn(C)c1.Cl. The summed E-state index contributed by atoms with van der Waals surface area (Å²) in [6.07, 6.45) is 3.33. The van der Waals surface area contributed by atoms with Crippen molar-refractivity contribution in [1.29, 1.82) is 0 Å². The molecule has 1 aromatic carbocycles. The van der Waals surface area contributed by atoms with E-state index in [-0.39, 0.29) is 37.4 Å². The van der Waals surface area contributed by atoms with Crippen LogP contribution in [0.15, 0.2) is 24.5 Å². The van der Waals surface area contributed by atoms with Crippen LogP contribution in [0.5, 0.6) is 17.2 Å². The number of aromatic nitrogens is 2. The normalized spacial score (nSPS) is 13.2. The van der Waals surface area contributed by atoms with Crippen molar-refractivity contribution in [2.45, 2.75) is 19.2 Å². The van der Waals surface area contributed by atoms with Gasteiger partial charge in [-0.2, -0.15) is 13.9 Å². The molecule has 1 atom stereocenters. The maximum absolute atomic E-state index is 12.8. The summed E-state index contributed by atoms with van der Waals surface area (Å²) in [5.74, 6) is 0.444. The third-order valence-electron chi connectivity index (χ3n) is 4.15. The second kappa shape index (κ2) is 9.07. The van der Waals surface area contributed by atoms with Crippen LogP contribution in [0.4, 0.5) is 8.78 Å². The third kappa shape index (κ3) is 4.63. The van der Waals surface area contributed by atoms with Gasteiger partial charge in [-0.1, -0.05) is 0 Å². The molecule has 1 aliphatic heterocycles. The number of hydrogen-bond acceptors (Lipinski definition) is 6. The molecule has 1 amide bonds. The van der Waals surface area contributed by atoms with E-state index in [9.17, 15) is 13.6 Å². The van der Waals surface area contributed by atoms with Gasteiger partial charge in [-0.25, -0.2) is 0 Å². The largest absolute Gasteiger partial charge is 0.454 e. The Morgan fingerprint density at radius 2 is 2.07 bits per heavy atom. The summed E-state index contributed by atoms with van der Waals surface area (Å²) >= 11 is 0. The number of alkyl halides is 2. The lowest BCUT2D eigenvalue weighted by Crippen LogP contribution is -2.37. The molecule has 0 radical (unpaired) electrons. The van der Waals surface area contributed by atoms with E-state index in [0.29, 0.717) is 22.6 Å². The van der Waals surface area contributed by atoms with Crippen molar-refractivity contribution in [3.63, 3.8) is 0 Å². The first-order valence-electron chi connectivity index (χ1n) is 8.17. The minimum Gasteiger partial charge on any atom is -0.454 e. The monoisotopic (exact) mass is 418 g/mol. The Morgan fingerprint density at radius 1 is 1.39 bits per heavy atom. The maximum atomic E-state index is 12.8. The first-order valence-corrected chi connectivity index (χ1v) is 8.17. The molecule has 1 N–H and O–H groups in total. The number of carbonyl (C=O) groups excluding carboxylic acids is 1. The smallest absolute Gasteiger partial charge is 0.387 e. The fourth-order valence-corrected chi connectivity index (χ4v) is 2.87. The van der Waals surface area contributed by atoms with E-state index in [4.69, 9.17) is 9.47 Å². The van der Waals surface area contributed by atoms with Gasteiger partial charge in [0.1, 0.15) is 11.8 Å². The molecule has 28 heavy (non-hydrogen) atoms. The van der Waals surface area contributed by atoms with E-state index in [2.05, 4.69) is 15.2 Å². The summed E-state index contributed by atoms with van der Waals surface area (Å²) in [5.41, 5.74) is 1.09. The summed E-state index contributed by atoms with van der Waals surface area (Å²) < 4.78 is 42.2. The summed E-state index contributed by atoms with van der Waals surface area (Å²) in [6, 6.07) is 2.28. The van der Waals surface area contributed by atoms with E-state index < -0.39 is 12.7 Å². The highest BCUT2D eigenvalue weighted by atomic mass is 35.5. The zero-order valence-electron chi connectivity index (χ0n) is 15.5. The number of ether oxygens (including phenoxy) is 3. The van der Waals surface area contributed by atoms with Crippen LogP contribution >= 0.6 is 12.4 Å². The highest BCUT2D eigenvalue weighted by Gasteiger charge is 2.26. The molecule has 2 aromatic rings. The molecule has 0 saturated heterocycles. The highest BCUT2D eigenvalue weighted by molar-refractivity contribution is 5.85. The molecule has 2 heterocycles. The Balaban J connectivity index is 0.00000280. The molecule has 0 bridgehead atoms. The van der Waals surface area contributed by atoms with Gasteiger partial charge in [-0.3, -0.25) is 9.48 Å². The first-order chi connectivity index (χ1) is 12.9. The van der Waals surface area contributed by atoms with Crippen molar-refractivity contribution >= 4 is 18.3 Å². The zero-order valence-corrected chi connectivity index (χ0v) is 16.3.